The van der Waals surface area contributed by atoms with Crippen LogP contribution in [0.4, 0.5) is 0 Å². The molecule has 0 amide bonds. The van der Waals surface area contributed by atoms with Gasteiger partial charge in [0.1, 0.15) is 12.3 Å². The Morgan fingerprint density at radius 2 is 1.92 bits per heavy atom. The number of hydrogen-bond donors (Lipinski definition) is 0. The van der Waals surface area contributed by atoms with E-state index in [0.29, 0.717) is 33.0 Å². The third kappa shape index (κ3) is 4.44. The highest BCUT2D eigenvalue weighted by Gasteiger charge is 2.33. The molecule has 5 rings (SSSR count). The van der Waals surface area contributed by atoms with Crippen molar-refractivity contribution in [2.75, 3.05) is 13.2 Å². The Bertz CT molecular complexity index is 1790. The van der Waals surface area contributed by atoms with Gasteiger partial charge < -0.3 is 14.0 Å². The van der Waals surface area contributed by atoms with Gasteiger partial charge >= 0.3 is 5.97 Å². The maximum Gasteiger partial charge on any atom is 0.338 e. The maximum absolute atomic E-state index is 13.9. The van der Waals surface area contributed by atoms with Crippen molar-refractivity contribution in [3.8, 4) is 11.8 Å². The number of carbonyl (C=O) groups excluding carboxylic acids is 1. The molecule has 0 unspecified atom stereocenters. The summed E-state index contributed by atoms with van der Waals surface area (Å²) in [5, 5.41) is 10.2. The largest absolute Gasteiger partial charge is 0.494 e. The van der Waals surface area contributed by atoms with Gasteiger partial charge in [-0.15, -0.1) is 0 Å². The zero-order chi connectivity index (χ0) is 26.8. The molecule has 0 aliphatic carbocycles. The first-order valence-corrected chi connectivity index (χ1v) is 13.2. The smallest absolute Gasteiger partial charge is 0.338 e. The van der Waals surface area contributed by atoms with Gasteiger partial charge in [-0.25, -0.2) is 9.79 Å². The third-order valence-corrected chi connectivity index (χ3v) is 7.35. The molecular formula is C29H26N4O4S. The van der Waals surface area contributed by atoms with E-state index < -0.39 is 12.0 Å². The van der Waals surface area contributed by atoms with Crippen molar-refractivity contribution in [2.45, 2.75) is 33.4 Å². The van der Waals surface area contributed by atoms with Crippen LogP contribution in [0.25, 0.3) is 17.0 Å². The van der Waals surface area contributed by atoms with Crippen LogP contribution in [0.3, 0.4) is 0 Å². The van der Waals surface area contributed by atoms with Crippen LogP contribution in [0.5, 0.6) is 5.75 Å². The van der Waals surface area contributed by atoms with Crippen LogP contribution in [0.15, 0.2) is 75.8 Å². The fourth-order valence-electron chi connectivity index (χ4n) is 4.76. The fourth-order valence-corrected chi connectivity index (χ4v) is 5.80. The van der Waals surface area contributed by atoms with Crippen molar-refractivity contribution in [2.24, 2.45) is 4.99 Å². The average Bonchev–Trinajstić information content (AvgIpc) is 3.41. The summed E-state index contributed by atoms with van der Waals surface area (Å²) in [7, 11) is 0. The van der Waals surface area contributed by atoms with E-state index in [1.54, 1.807) is 18.4 Å². The minimum Gasteiger partial charge on any atom is -0.494 e. The molecule has 0 N–H and O–H groups in total. The summed E-state index contributed by atoms with van der Waals surface area (Å²) in [6.07, 6.45) is 3.71. The van der Waals surface area contributed by atoms with E-state index in [9.17, 15) is 14.9 Å². The van der Waals surface area contributed by atoms with Gasteiger partial charge in [0, 0.05) is 22.7 Å². The van der Waals surface area contributed by atoms with Gasteiger partial charge in [-0.3, -0.25) is 9.36 Å². The molecule has 1 aliphatic heterocycles. The Morgan fingerprint density at radius 3 is 2.63 bits per heavy atom. The normalized spacial score (nSPS) is 15.2. The van der Waals surface area contributed by atoms with Gasteiger partial charge in [-0.1, -0.05) is 41.7 Å². The second-order valence-electron chi connectivity index (χ2n) is 8.69. The molecule has 2 aromatic carbocycles. The number of hydrogen-bond acceptors (Lipinski definition) is 7. The number of thiazole rings is 1. The molecule has 2 aromatic heterocycles. The molecular weight excluding hydrogens is 500 g/mol. The van der Waals surface area contributed by atoms with E-state index in [0.717, 1.165) is 22.0 Å². The number of allylic oxidation sites excluding steroid dienone is 1. The first kappa shape index (κ1) is 25.2. The van der Waals surface area contributed by atoms with E-state index in [4.69, 9.17) is 9.47 Å². The monoisotopic (exact) mass is 526 g/mol. The van der Waals surface area contributed by atoms with Crippen molar-refractivity contribution in [1.29, 1.82) is 5.26 Å². The second kappa shape index (κ2) is 10.5. The Morgan fingerprint density at radius 1 is 1.16 bits per heavy atom. The molecule has 0 radical (unpaired) electrons. The van der Waals surface area contributed by atoms with E-state index >= 15 is 0 Å². The van der Waals surface area contributed by atoms with Crippen molar-refractivity contribution >= 4 is 34.3 Å². The SMILES string of the molecule is CCOC(=O)C1=C(C)N=c2s/c(=C\c3cn(CC#N)c4ccccc34)c(=O)n2[C@H]1c1ccc(OCC)cc1. The third-order valence-electron chi connectivity index (χ3n) is 6.37. The zero-order valence-corrected chi connectivity index (χ0v) is 22.1. The minimum atomic E-state index is -0.692. The highest BCUT2D eigenvalue weighted by molar-refractivity contribution is 7.07. The number of nitriles is 1. The summed E-state index contributed by atoms with van der Waals surface area (Å²) in [5.74, 6) is 0.206. The lowest BCUT2D eigenvalue weighted by Crippen LogP contribution is -2.39. The van der Waals surface area contributed by atoms with E-state index in [1.807, 2.05) is 72.3 Å². The fraction of sp³-hybridized carbons (Fsp3) is 0.241. The van der Waals surface area contributed by atoms with E-state index in [2.05, 4.69) is 11.1 Å². The van der Waals surface area contributed by atoms with Gasteiger partial charge in [-0.05, 0) is 50.6 Å². The molecule has 0 bridgehead atoms. The molecule has 9 heteroatoms. The van der Waals surface area contributed by atoms with Crippen molar-refractivity contribution < 1.29 is 14.3 Å². The van der Waals surface area contributed by atoms with Gasteiger partial charge in [-0.2, -0.15) is 5.26 Å². The molecule has 38 heavy (non-hydrogen) atoms. The van der Waals surface area contributed by atoms with Crippen LogP contribution < -0.4 is 19.6 Å². The molecule has 0 saturated carbocycles. The molecule has 0 saturated heterocycles. The summed E-state index contributed by atoms with van der Waals surface area (Å²) >= 11 is 1.27. The topological polar surface area (TPSA) is 98.6 Å². The maximum atomic E-state index is 13.9. The van der Waals surface area contributed by atoms with Gasteiger partial charge in [0.25, 0.3) is 5.56 Å². The first-order chi connectivity index (χ1) is 18.5. The second-order valence-corrected chi connectivity index (χ2v) is 9.70. The molecule has 0 spiro atoms. The highest BCUT2D eigenvalue weighted by atomic mass is 32.1. The number of rotatable bonds is 7. The average molecular weight is 527 g/mol. The molecule has 4 aromatic rings. The van der Waals surface area contributed by atoms with E-state index in [1.165, 1.54) is 11.3 Å². The Labute approximate surface area is 223 Å². The molecule has 8 nitrogen and oxygen atoms in total. The van der Waals surface area contributed by atoms with Gasteiger partial charge in [0.15, 0.2) is 4.80 Å². The molecule has 1 aliphatic rings. The van der Waals surface area contributed by atoms with Crippen LogP contribution in [-0.4, -0.2) is 28.3 Å². The predicted molar refractivity (Wildman–Crippen MR) is 146 cm³/mol. The van der Waals surface area contributed by atoms with Crippen LogP contribution in [-0.2, 0) is 16.1 Å². The molecule has 1 atom stereocenters. The number of carbonyl (C=O) groups is 1. The van der Waals surface area contributed by atoms with Crippen LogP contribution in [0, 0.1) is 11.3 Å². The van der Waals surface area contributed by atoms with Crippen LogP contribution in [0.1, 0.15) is 37.9 Å². The summed E-state index contributed by atoms with van der Waals surface area (Å²) in [6, 6.07) is 16.6. The Kier molecular flexibility index (Phi) is 6.99. The van der Waals surface area contributed by atoms with Crippen molar-refractivity contribution in [3.63, 3.8) is 0 Å². The number of esters is 1. The summed E-state index contributed by atoms with van der Waals surface area (Å²) in [4.78, 5) is 32.1. The summed E-state index contributed by atoms with van der Waals surface area (Å²) in [6.45, 7) is 6.37. The summed E-state index contributed by atoms with van der Waals surface area (Å²) in [5.41, 5.74) is 3.10. The molecule has 192 valence electrons. The standard InChI is InChI=1S/C29H26N4O4S/c1-4-36-21-12-10-19(11-13-21)26-25(28(35)37-5-2)18(3)31-29-33(26)27(34)24(38-29)16-20-17-32(15-14-30)23-9-7-6-8-22(20)23/h6-13,16-17,26H,4-5,15H2,1-3H3/b24-16-/t26-/m0/s1. The highest BCUT2D eigenvalue weighted by Crippen LogP contribution is 2.31. The predicted octanol–water partition coefficient (Wildman–Crippen LogP) is 3.68. The number of fused-ring (bicyclic) bond motifs is 2. The summed E-state index contributed by atoms with van der Waals surface area (Å²) < 4.78 is 14.9. The Balaban J connectivity index is 1.71. The van der Waals surface area contributed by atoms with Gasteiger partial charge in [0.2, 0.25) is 0 Å². The zero-order valence-electron chi connectivity index (χ0n) is 21.3. The lowest BCUT2D eigenvalue weighted by atomic mass is 9.96. The number of benzene rings is 2. The Hall–Kier alpha value is -4.42. The number of aromatic nitrogens is 2. The minimum absolute atomic E-state index is 0.204. The van der Waals surface area contributed by atoms with Gasteiger partial charge in [0.05, 0.1) is 41.1 Å². The van der Waals surface area contributed by atoms with Crippen LogP contribution >= 0.6 is 11.3 Å². The lowest BCUT2D eigenvalue weighted by molar-refractivity contribution is -0.139. The molecule has 0 fully saturated rings. The lowest BCUT2D eigenvalue weighted by Gasteiger charge is -2.24. The number of nitrogens with zero attached hydrogens (tertiary/aromatic N) is 4. The molecule has 3 heterocycles. The quantitative estimate of drug-likeness (QED) is 0.342. The van der Waals surface area contributed by atoms with Crippen LogP contribution in [0.2, 0.25) is 0 Å². The first-order valence-electron chi connectivity index (χ1n) is 12.3. The van der Waals surface area contributed by atoms with E-state index in [-0.39, 0.29) is 18.7 Å². The number of para-hydroxylation sites is 1. The number of ether oxygens (including phenoxy) is 2. The van der Waals surface area contributed by atoms with Crippen molar-refractivity contribution in [1.82, 2.24) is 9.13 Å². The van der Waals surface area contributed by atoms with Crippen molar-refractivity contribution in [3.05, 3.63) is 96.8 Å².